The van der Waals surface area contributed by atoms with Crippen LogP contribution in [0, 0.1) is 11.8 Å². The van der Waals surface area contributed by atoms with Gasteiger partial charge in [-0.25, -0.2) is 19.2 Å². The summed E-state index contributed by atoms with van der Waals surface area (Å²) >= 11 is 0. The van der Waals surface area contributed by atoms with E-state index >= 15 is 4.39 Å². The molecule has 0 radical (unpaired) electrons. The van der Waals surface area contributed by atoms with Crippen molar-refractivity contribution in [1.29, 1.82) is 0 Å². The van der Waals surface area contributed by atoms with E-state index in [0.29, 0.717) is 19.0 Å². The van der Waals surface area contributed by atoms with E-state index in [1.165, 1.54) is 0 Å². The predicted molar refractivity (Wildman–Crippen MR) is 123 cm³/mol. The Hall–Kier alpha value is -0.990. The van der Waals surface area contributed by atoms with Gasteiger partial charge < -0.3 is 21.1 Å². The smallest absolute Gasteiger partial charge is 0.229 e. The van der Waals surface area contributed by atoms with Crippen LogP contribution in [0.25, 0.3) is 0 Å². The van der Waals surface area contributed by atoms with Crippen molar-refractivity contribution in [3.63, 3.8) is 0 Å². The zero-order chi connectivity index (χ0) is 23.7. The number of rotatable bonds is 5. The first-order valence-electron chi connectivity index (χ1n) is 12.8. The van der Waals surface area contributed by atoms with E-state index in [1.54, 1.807) is 5.01 Å². The number of halogens is 2. The van der Waals surface area contributed by atoms with E-state index in [4.69, 9.17) is 10.5 Å². The number of hydrogen-bond donors (Lipinski definition) is 5. The Bertz CT molecular complexity index is 694. The van der Waals surface area contributed by atoms with Gasteiger partial charge in [-0.1, -0.05) is 0 Å². The Morgan fingerprint density at radius 2 is 1.85 bits per heavy atom. The average molecular weight is 487 g/mol. The Morgan fingerprint density at radius 1 is 1.09 bits per heavy atom. The lowest BCUT2D eigenvalue weighted by Crippen LogP contribution is -2.67. The number of carbonyl (C=O) groups excluding carboxylic acids is 1. The van der Waals surface area contributed by atoms with E-state index in [-0.39, 0.29) is 37.2 Å². The number of fused-ring (bicyclic) bond motifs is 1. The highest BCUT2D eigenvalue weighted by Gasteiger charge is 2.48. The number of nitrogens with two attached hydrogens (primary N) is 1. The molecule has 194 valence electrons. The van der Waals surface area contributed by atoms with Crippen LogP contribution in [-0.2, 0) is 9.53 Å². The number of amides is 1. The Morgan fingerprint density at radius 3 is 2.62 bits per heavy atom. The monoisotopic (exact) mass is 486 g/mol. The first-order chi connectivity index (χ1) is 16.5. The first kappa shape index (κ1) is 24.7. The van der Waals surface area contributed by atoms with Gasteiger partial charge in [0.1, 0.15) is 12.3 Å². The molecule has 5 rings (SSSR count). The second-order valence-corrected chi connectivity index (χ2v) is 10.5. The summed E-state index contributed by atoms with van der Waals surface area (Å²) in [7, 11) is 0. The van der Waals surface area contributed by atoms with Gasteiger partial charge >= 0.3 is 0 Å². The molecule has 0 aliphatic carbocycles. The predicted octanol–water partition coefficient (Wildman–Crippen LogP) is -2.19. The molecule has 0 aromatic rings. The van der Waals surface area contributed by atoms with Gasteiger partial charge in [-0.3, -0.25) is 19.9 Å². The third-order valence-electron chi connectivity index (χ3n) is 8.13. The van der Waals surface area contributed by atoms with Gasteiger partial charge in [0, 0.05) is 45.8 Å². The van der Waals surface area contributed by atoms with Gasteiger partial charge in [-0.15, -0.1) is 0 Å². The Kier molecular flexibility index (Phi) is 7.96. The summed E-state index contributed by atoms with van der Waals surface area (Å²) in [5.41, 5.74) is 9.21. The summed E-state index contributed by atoms with van der Waals surface area (Å²) < 4.78 is 34.4. The number of alkyl halides is 2. The molecule has 0 aromatic heterocycles. The molecule has 0 spiro atoms. The number of hydrogen-bond acceptors (Lipinski definition) is 9. The SMILES string of the molecule is NC1NN2CC(F)CNC2C1C(=O)NC1CNCC(F)C1N1CCC(CN2CCOCC2)CC1. The normalized spacial score (nSPS) is 41.3. The third-order valence-corrected chi connectivity index (χ3v) is 8.13. The quantitative estimate of drug-likeness (QED) is 0.296. The van der Waals surface area contributed by atoms with Crippen LogP contribution in [0.5, 0.6) is 0 Å². The second-order valence-electron chi connectivity index (χ2n) is 10.5. The highest BCUT2D eigenvalue weighted by atomic mass is 19.1. The van der Waals surface area contributed by atoms with Crippen molar-refractivity contribution in [3.8, 4) is 0 Å². The molecule has 5 heterocycles. The highest BCUT2D eigenvalue weighted by molar-refractivity contribution is 5.81. The van der Waals surface area contributed by atoms with Crippen LogP contribution in [0.3, 0.4) is 0 Å². The van der Waals surface area contributed by atoms with Gasteiger partial charge in [-0.2, -0.15) is 0 Å². The molecule has 0 aromatic carbocycles. The summed E-state index contributed by atoms with van der Waals surface area (Å²) in [4.78, 5) is 18.0. The molecule has 5 aliphatic heterocycles. The summed E-state index contributed by atoms with van der Waals surface area (Å²) in [6, 6.07) is -0.698. The number of likely N-dealkylation sites (tertiary alicyclic amines) is 1. The van der Waals surface area contributed by atoms with Crippen LogP contribution in [0.4, 0.5) is 8.78 Å². The molecular formula is C22H40F2N8O2. The molecule has 5 aliphatic rings. The maximum absolute atomic E-state index is 15.2. The molecule has 0 saturated carbocycles. The van der Waals surface area contributed by atoms with E-state index in [2.05, 4.69) is 31.2 Å². The molecule has 34 heavy (non-hydrogen) atoms. The molecule has 5 fully saturated rings. The summed E-state index contributed by atoms with van der Waals surface area (Å²) in [6.45, 7) is 7.56. The molecule has 0 bridgehead atoms. The number of piperidine rings is 2. The van der Waals surface area contributed by atoms with Crippen LogP contribution in [0.15, 0.2) is 0 Å². The van der Waals surface area contributed by atoms with E-state index < -0.39 is 24.4 Å². The Labute approximate surface area is 200 Å². The largest absolute Gasteiger partial charge is 0.379 e. The molecule has 12 heteroatoms. The molecule has 5 saturated heterocycles. The van der Waals surface area contributed by atoms with Crippen molar-refractivity contribution >= 4 is 5.91 Å². The zero-order valence-corrected chi connectivity index (χ0v) is 19.8. The zero-order valence-electron chi connectivity index (χ0n) is 19.8. The van der Waals surface area contributed by atoms with Crippen LogP contribution >= 0.6 is 0 Å². The topological polar surface area (TPSA) is 110 Å². The van der Waals surface area contributed by atoms with Crippen LogP contribution in [0.2, 0.25) is 0 Å². The molecule has 10 nitrogen and oxygen atoms in total. The fraction of sp³-hybridized carbons (Fsp3) is 0.955. The number of carbonyl (C=O) groups is 1. The molecular weight excluding hydrogens is 446 g/mol. The fourth-order valence-electron chi connectivity index (χ4n) is 6.33. The Balaban J connectivity index is 1.18. The molecule has 7 atom stereocenters. The maximum Gasteiger partial charge on any atom is 0.229 e. The standard InChI is InChI=1S/C22H40F2N8O2/c23-15-9-27-21-18(20(25)29-32(21)13-15)22(33)28-17-11-26-10-16(24)19(17)31-3-1-14(2-4-31)12-30-5-7-34-8-6-30/h14-21,26-27,29H,1-13,25H2,(H,28,33). The lowest BCUT2D eigenvalue weighted by atomic mass is 9.90. The number of morpholine rings is 1. The minimum Gasteiger partial charge on any atom is -0.379 e. The van der Waals surface area contributed by atoms with Gasteiger partial charge in [0.25, 0.3) is 0 Å². The van der Waals surface area contributed by atoms with Crippen molar-refractivity contribution in [2.75, 3.05) is 72.1 Å². The second kappa shape index (κ2) is 11.0. The van der Waals surface area contributed by atoms with Crippen LogP contribution in [-0.4, -0.2) is 130 Å². The van der Waals surface area contributed by atoms with E-state index in [9.17, 15) is 9.18 Å². The summed E-state index contributed by atoms with van der Waals surface area (Å²) in [6.07, 6.45) is -0.969. The van der Waals surface area contributed by atoms with Gasteiger partial charge in [0.2, 0.25) is 5.91 Å². The van der Waals surface area contributed by atoms with Gasteiger partial charge in [-0.05, 0) is 31.8 Å². The van der Waals surface area contributed by atoms with Crippen molar-refractivity contribution < 1.29 is 18.3 Å². The van der Waals surface area contributed by atoms with Crippen molar-refractivity contribution in [2.24, 2.45) is 17.6 Å². The maximum atomic E-state index is 15.2. The van der Waals surface area contributed by atoms with Crippen LogP contribution in [0.1, 0.15) is 12.8 Å². The van der Waals surface area contributed by atoms with Crippen molar-refractivity contribution in [2.45, 2.75) is 49.6 Å². The minimum atomic E-state index is -1.05. The fourth-order valence-corrected chi connectivity index (χ4v) is 6.33. The number of ether oxygens (including phenoxy) is 1. The molecule has 6 N–H and O–H groups in total. The van der Waals surface area contributed by atoms with Gasteiger partial charge in [0.05, 0.1) is 43.5 Å². The van der Waals surface area contributed by atoms with E-state index in [1.807, 2.05) is 0 Å². The summed E-state index contributed by atoms with van der Waals surface area (Å²) in [5, 5.41) is 11.0. The van der Waals surface area contributed by atoms with Crippen molar-refractivity contribution in [1.82, 2.24) is 36.2 Å². The minimum absolute atomic E-state index is 0.189. The van der Waals surface area contributed by atoms with E-state index in [0.717, 1.165) is 58.8 Å². The van der Waals surface area contributed by atoms with Crippen molar-refractivity contribution in [3.05, 3.63) is 0 Å². The number of nitrogens with one attached hydrogen (secondary N) is 4. The third kappa shape index (κ3) is 5.39. The number of nitrogens with zero attached hydrogens (tertiary/aromatic N) is 3. The first-order valence-corrected chi connectivity index (χ1v) is 12.8. The summed E-state index contributed by atoms with van der Waals surface area (Å²) in [5.74, 6) is -0.176. The lowest BCUT2D eigenvalue weighted by molar-refractivity contribution is -0.128. The lowest BCUT2D eigenvalue weighted by Gasteiger charge is -2.46. The highest BCUT2D eigenvalue weighted by Crippen LogP contribution is 2.26. The molecule has 1 amide bonds. The van der Waals surface area contributed by atoms with Gasteiger partial charge in [0.15, 0.2) is 0 Å². The van der Waals surface area contributed by atoms with Crippen LogP contribution < -0.4 is 27.1 Å². The number of hydrazine groups is 1. The average Bonchev–Trinajstić information content (AvgIpc) is 3.15. The molecule has 7 unspecified atom stereocenters.